The Morgan fingerprint density at radius 2 is 2.19 bits per heavy atom. The highest BCUT2D eigenvalue weighted by Crippen LogP contribution is 2.30. The van der Waals surface area contributed by atoms with E-state index >= 15 is 0 Å². The zero-order chi connectivity index (χ0) is 11.5. The van der Waals surface area contributed by atoms with Crippen LogP contribution in [0.3, 0.4) is 0 Å². The fourth-order valence-electron chi connectivity index (χ4n) is 1.25. The lowest BCUT2D eigenvalue weighted by Gasteiger charge is -2.00. The molecular formula is C10H9BrIN3S. The maximum Gasteiger partial charge on any atom is 0.148 e. The first-order valence-electron chi connectivity index (χ1n) is 4.68. The van der Waals surface area contributed by atoms with Crippen molar-refractivity contribution in [1.82, 2.24) is 10.2 Å². The summed E-state index contributed by atoms with van der Waals surface area (Å²) in [6.07, 6.45) is 0.794. The van der Waals surface area contributed by atoms with Gasteiger partial charge >= 0.3 is 0 Å². The molecule has 0 spiro atoms. The number of rotatable bonds is 3. The van der Waals surface area contributed by atoms with Crippen LogP contribution in [0.15, 0.2) is 22.7 Å². The molecule has 1 heterocycles. The number of hydrogen-bond acceptors (Lipinski definition) is 4. The Morgan fingerprint density at radius 3 is 2.94 bits per heavy atom. The molecule has 0 saturated carbocycles. The van der Waals surface area contributed by atoms with Gasteiger partial charge in [-0.25, -0.2) is 0 Å². The summed E-state index contributed by atoms with van der Waals surface area (Å²) in [5, 5.41) is 10.3. The van der Waals surface area contributed by atoms with Crippen molar-refractivity contribution >= 4 is 49.9 Å². The van der Waals surface area contributed by atoms with Crippen LogP contribution in [-0.4, -0.2) is 16.7 Å². The quantitative estimate of drug-likeness (QED) is 0.792. The first-order valence-corrected chi connectivity index (χ1v) is 7.37. The molecule has 0 unspecified atom stereocenters. The lowest BCUT2D eigenvalue weighted by atomic mass is 10.2. The summed E-state index contributed by atoms with van der Waals surface area (Å²) in [4.78, 5) is 0. The van der Waals surface area contributed by atoms with E-state index in [1.165, 1.54) is 3.57 Å². The van der Waals surface area contributed by atoms with Crippen molar-refractivity contribution in [3.8, 4) is 10.6 Å². The summed E-state index contributed by atoms with van der Waals surface area (Å²) in [5.41, 5.74) is 6.61. The number of halogens is 2. The van der Waals surface area contributed by atoms with Crippen molar-refractivity contribution in [3.63, 3.8) is 0 Å². The molecule has 16 heavy (non-hydrogen) atoms. The molecule has 2 rings (SSSR count). The fraction of sp³-hybridized carbons (Fsp3) is 0.200. The molecule has 2 aromatic rings. The molecule has 1 aromatic heterocycles. The Bertz CT molecular complexity index is 501. The van der Waals surface area contributed by atoms with E-state index < -0.39 is 0 Å². The first kappa shape index (κ1) is 12.4. The normalized spacial score (nSPS) is 10.7. The van der Waals surface area contributed by atoms with Crippen LogP contribution in [0.5, 0.6) is 0 Å². The minimum absolute atomic E-state index is 0.615. The Morgan fingerprint density at radius 1 is 1.38 bits per heavy atom. The van der Waals surface area contributed by atoms with Gasteiger partial charge in [0.05, 0.1) is 0 Å². The number of nitrogens with two attached hydrogens (primary N) is 1. The van der Waals surface area contributed by atoms with Gasteiger partial charge in [-0.1, -0.05) is 27.3 Å². The van der Waals surface area contributed by atoms with Crippen molar-refractivity contribution in [2.45, 2.75) is 6.42 Å². The molecule has 2 N–H and O–H groups in total. The van der Waals surface area contributed by atoms with Gasteiger partial charge in [0.25, 0.3) is 0 Å². The van der Waals surface area contributed by atoms with Gasteiger partial charge in [-0.3, -0.25) is 0 Å². The third kappa shape index (κ3) is 2.79. The smallest absolute Gasteiger partial charge is 0.148 e. The molecule has 6 heteroatoms. The Kier molecular flexibility index (Phi) is 4.28. The van der Waals surface area contributed by atoms with Gasteiger partial charge in [0.2, 0.25) is 0 Å². The average Bonchev–Trinajstić information content (AvgIpc) is 2.71. The molecule has 84 valence electrons. The highest BCUT2D eigenvalue weighted by Gasteiger charge is 2.09. The van der Waals surface area contributed by atoms with E-state index in [0.717, 1.165) is 26.5 Å². The maximum absolute atomic E-state index is 5.49. The highest BCUT2D eigenvalue weighted by atomic mass is 127. The molecule has 0 saturated heterocycles. The van der Waals surface area contributed by atoms with Gasteiger partial charge in [-0.15, -0.1) is 10.2 Å². The van der Waals surface area contributed by atoms with Crippen molar-refractivity contribution in [2.24, 2.45) is 5.73 Å². The second-order valence-corrected chi connectivity index (χ2v) is 6.30. The summed E-state index contributed by atoms with van der Waals surface area (Å²) < 4.78 is 2.23. The first-order chi connectivity index (χ1) is 7.70. The predicted molar refractivity (Wildman–Crippen MR) is 78.5 cm³/mol. The van der Waals surface area contributed by atoms with E-state index in [0.29, 0.717) is 6.54 Å². The molecule has 1 aromatic carbocycles. The zero-order valence-electron chi connectivity index (χ0n) is 8.28. The van der Waals surface area contributed by atoms with E-state index in [1.54, 1.807) is 11.3 Å². The standard InChI is InChI=1S/C10H9BrIN3S/c11-6-1-2-8(12)7(5-6)10-15-14-9(16-10)3-4-13/h1-2,5H,3-4,13H2. The Hall–Kier alpha value is -0.0500. The summed E-state index contributed by atoms with van der Waals surface area (Å²) in [6.45, 7) is 0.615. The van der Waals surface area contributed by atoms with Gasteiger partial charge in [-0.2, -0.15) is 0 Å². The van der Waals surface area contributed by atoms with Crippen LogP contribution >= 0.6 is 49.9 Å². The van der Waals surface area contributed by atoms with E-state index in [4.69, 9.17) is 5.73 Å². The third-order valence-electron chi connectivity index (χ3n) is 1.98. The second-order valence-electron chi connectivity index (χ2n) is 3.16. The SMILES string of the molecule is NCCc1nnc(-c2cc(Br)ccc2I)s1. The lowest BCUT2D eigenvalue weighted by molar-refractivity contribution is 0.913. The predicted octanol–water partition coefficient (Wildman–Crippen LogP) is 3.07. The molecule has 0 radical (unpaired) electrons. The van der Waals surface area contributed by atoms with Crippen molar-refractivity contribution in [3.05, 3.63) is 31.2 Å². The minimum atomic E-state index is 0.615. The molecule has 0 atom stereocenters. The molecule has 0 aliphatic heterocycles. The van der Waals surface area contributed by atoms with Crippen LogP contribution in [0, 0.1) is 3.57 Å². The van der Waals surface area contributed by atoms with Gasteiger partial charge in [-0.05, 0) is 47.3 Å². The van der Waals surface area contributed by atoms with Crippen LogP contribution in [0.25, 0.3) is 10.6 Å². The molecule has 0 bridgehead atoms. The van der Waals surface area contributed by atoms with Crippen LogP contribution < -0.4 is 5.73 Å². The minimum Gasteiger partial charge on any atom is -0.330 e. The molecule has 0 aliphatic rings. The van der Waals surface area contributed by atoms with Gasteiger partial charge in [0, 0.05) is 20.0 Å². The number of nitrogens with zero attached hydrogens (tertiary/aromatic N) is 2. The van der Waals surface area contributed by atoms with Crippen molar-refractivity contribution in [1.29, 1.82) is 0 Å². The number of hydrogen-bond donors (Lipinski definition) is 1. The van der Waals surface area contributed by atoms with Crippen LogP contribution in [0.1, 0.15) is 5.01 Å². The summed E-state index contributed by atoms with van der Waals surface area (Å²) in [7, 11) is 0. The van der Waals surface area contributed by atoms with Crippen LogP contribution in [0.2, 0.25) is 0 Å². The zero-order valence-corrected chi connectivity index (χ0v) is 12.8. The topological polar surface area (TPSA) is 51.8 Å². The molecule has 0 amide bonds. The van der Waals surface area contributed by atoms with Gasteiger partial charge in [0.1, 0.15) is 10.0 Å². The molecular weight excluding hydrogens is 401 g/mol. The van der Waals surface area contributed by atoms with Crippen LogP contribution in [0.4, 0.5) is 0 Å². The van der Waals surface area contributed by atoms with Gasteiger partial charge < -0.3 is 5.73 Å². The van der Waals surface area contributed by atoms with Crippen molar-refractivity contribution in [2.75, 3.05) is 6.54 Å². The number of benzene rings is 1. The summed E-state index contributed by atoms with van der Waals surface area (Å²) in [6, 6.07) is 6.14. The third-order valence-corrected chi connectivity index (χ3v) is 4.43. The van der Waals surface area contributed by atoms with E-state index in [1.807, 2.05) is 6.07 Å². The molecule has 0 aliphatic carbocycles. The summed E-state index contributed by atoms with van der Waals surface area (Å²) >= 11 is 7.37. The fourth-order valence-corrected chi connectivity index (χ4v) is 3.27. The summed E-state index contributed by atoms with van der Waals surface area (Å²) in [5.74, 6) is 0. The maximum atomic E-state index is 5.49. The van der Waals surface area contributed by atoms with Gasteiger partial charge in [0.15, 0.2) is 0 Å². The van der Waals surface area contributed by atoms with E-state index in [-0.39, 0.29) is 0 Å². The average molecular weight is 410 g/mol. The lowest BCUT2D eigenvalue weighted by Crippen LogP contribution is -2.01. The molecule has 3 nitrogen and oxygen atoms in total. The molecule has 0 fully saturated rings. The van der Waals surface area contributed by atoms with E-state index in [2.05, 4.69) is 60.9 Å². The monoisotopic (exact) mass is 409 g/mol. The highest BCUT2D eigenvalue weighted by molar-refractivity contribution is 14.1. The van der Waals surface area contributed by atoms with E-state index in [9.17, 15) is 0 Å². The van der Waals surface area contributed by atoms with Crippen molar-refractivity contribution < 1.29 is 0 Å². The van der Waals surface area contributed by atoms with Crippen LogP contribution in [-0.2, 0) is 6.42 Å². The Balaban J connectivity index is 2.38. The Labute approximate surface area is 120 Å². The second kappa shape index (κ2) is 5.52. The number of aromatic nitrogens is 2. The largest absolute Gasteiger partial charge is 0.330 e.